The van der Waals surface area contributed by atoms with Gasteiger partial charge in [0.2, 0.25) is 29.5 Å². The highest BCUT2D eigenvalue weighted by Crippen LogP contribution is 2.11. The molecule has 1 rings (SSSR count). The predicted molar refractivity (Wildman–Crippen MR) is 178 cm³/mol. The number of aliphatic carboxylic acids is 1. The zero-order valence-electron chi connectivity index (χ0n) is 28.7. The van der Waals surface area contributed by atoms with E-state index in [4.69, 9.17) is 5.73 Å². The van der Waals surface area contributed by atoms with Crippen molar-refractivity contribution in [3.63, 3.8) is 0 Å². The zero-order valence-corrected chi connectivity index (χ0v) is 28.7. The van der Waals surface area contributed by atoms with Crippen LogP contribution in [0.3, 0.4) is 0 Å². The normalized spacial score (nSPS) is 15.1. The molecule has 0 heterocycles. The fraction of sp³-hybridized carbons (Fsp3) is 0.636. The van der Waals surface area contributed by atoms with Gasteiger partial charge in [0.05, 0.1) is 19.3 Å². The van der Waals surface area contributed by atoms with Crippen LogP contribution >= 0.6 is 0 Å². The first kappa shape index (κ1) is 41.9. The molecule has 0 aliphatic rings. The van der Waals surface area contributed by atoms with Crippen LogP contribution in [0.4, 0.5) is 0 Å². The molecule has 0 spiro atoms. The topological polar surface area (TPSA) is 249 Å². The Hall–Kier alpha value is -4.08. The monoisotopic (exact) mass is 678 g/mol. The molecule has 10 N–H and O–H groups in total. The highest BCUT2D eigenvalue weighted by Gasteiger charge is 2.33. The van der Waals surface area contributed by atoms with Gasteiger partial charge >= 0.3 is 5.97 Å². The Balaban J connectivity index is 3.01. The third-order valence-electron chi connectivity index (χ3n) is 7.27. The molecule has 1 aromatic carbocycles. The van der Waals surface area contributed by atoms with Gasteiger partial charge in [0, 0.05) is 6.42 Å². The second kappa shape index (κ2) is 21.0. The molecule has 0 radical (unpaired) electrons. The second-order valence-corrected chi connectivity index (χ2v) is 13.2. The number of amides is 5. The first-order valence-electron chi connectivity index (χ1n) is 16.2. The van der Waals surface area contributed by atoms with Gasteiger partial charge in [0.15, 0.2) is 0 Å². The molecule has 48 heavy (non-hydrogen) atoms. The fourth-order valence-corrected chi connectivity index (χ4v) is 4.83. The number of nitrogens with two attached hydrogens (primary N) is 1. The van der Waals surface area contributed by atoms with E-state index in [-0.39, 0.29) is 37.0 Å². The third-order valence-corrected chi connectivity index (χ3v) is 7.27. The summed E-state index contributed by atoms with van der Waals surface area (Å²) >= 11 is 0. The number of carboxylic acid groups (broad SMARTS) is 1. The molecule has 0 fully saturated rings. The van der Waals surface area contributed by atoms with Crippen molar-refractivity contribution in [1.82, 2.24) is 26.6 Å². The summed E-state index contributed by atoms with van der Waals surface area (Å²) in [4.78, 5) is 77.1. The Labute approximate surface area is 282 Å². The first-order chi connectivity index (χ1) is 22.5. The van der Waals surface area contributed by atoms with Crippen LogP contribution in [-0.2, 0) is 35.2 Å². The minimum Gasteiger partial charge on any atom is -0.480 e. The van der Waals surface area contributed by atoms with Crippen molar-refractivity contribution < 1.29 is 44.1 Å². The molecular formula is C33H54N6O9. The van der Waals surface area contributed by atoms with Crippen LogP contribution in [-0.4, -0.2) is 100 Å². The number of benzene rings is 1. The van der Waals surface area contributed by atoms with Crippen molar-refractivity contribution in [2.45, 2.75) is 103 Å². The molecule has 0 aromatic heterocycles. The van der Waals surface area contributed by atoms with E-state index in [1.807, 2.05) is 41.5 Å². The highest BCUT2D eigenvalue weighted by molar-refractivity contribution is 5.96. The Morgan fingerprint density at radius 1 is 0.562 bits per heavy atom. The molecule has 0 aliphatic carbocycles. The Bertz CT molecular complexity index is 1210. The van der Waals surface area contributed by atoms with E-state index in [0.29, 0.717) is 12.0 Å². The number of carbonyl (C=O) groups excluding carboxylic acids is 5. The highest BCUT2D eigenvalue weighted by atomic mass is 16.4. The van der Waals surface area contributed by atoms with Gasteiger partial charge in [0.25, 0.3) is 0 Å². The van der Waals surface area contributed by atoms with E-state index in [9.17, 15) is 44.1 Å². The zero-order chi connectivity index (χ0) is 36.6. The van der Waals surface area contributed by atoms with Crippen molar-refractivity contribution in [2.24, 2.45) is 23.5 Å². The second-order valence-electron chi connectivity index (χ2n) is 13.2. The van der Waals surface area contributed by atoms with Gasteiger partial charge in [-0.2, -0.15) is 0 Å². The molecular weight excluding hydrogens is 624 g/mol. The Kier molecular flexibility index (Phi) is 18.4. The summed E-state index contributed by atoms with van der Waals surface area (Å²) in [5.41, 5.74) is 6.64. The molecule has 0 saturated heterocycles. The summed E-state index contributed by atoms with van der Waals surface area (Å²) in [6, 6.07) is 0.989. The maximum Gasteiger partial charge on any atom is 0.326 e. The van der Waals surface area contributed by atoms with Crippen LogP contribution in [0, 0.1) is 17.8 Å². The molecule has 0 aliphatic heterocycles. The third kappa shape index (κ3) is 15.2. The summed E-state index contributed by atoms with van der Waals surface area (Å²) in [7, 11) is 0. The van der Waals surface area contributed by atoms with Crippen molar-refractivity contribution in [3.05, 3.63) is 35.9 Å². The van der Waals surface area contributed by atoms with Gasteiger partial charge < -0.3 is 47.6 Å². The number of carboxylic acids is 1. The lowest BCUT2D eigenvalue weighted by Crippen LogP contribution is -2.60. The summed E-state index contributed by atoms with van der Waals surface area (Å²) in [5.74, 6) is -5.23. The van der Waals surface area contributed by atoms with E-state index < -0.39 is 85.0 Å². The largest absolute Gasteiger partial charge is 0.480 e. The molecule has 6 atom stereocenters. The SMILES string of the molecule is CC(C)C[C@H](NC(=O)[C@H](CC(C)C)NC(=O)[C@@H](N)CC(C)C)C(=O)N[C@@H](CO)C(=O)N[C@@H](CO)C(=O)N[C@@H](Cc1ccccc1)C(=O)O. The lowest BCUT2D eigenvalue weighted by atomic mass is 9.99. The molecule has 0 bridgehead atoms. The number of hydrogen-bond acceptors (Lipinski definition) is 9. The van der Waals surface area contributed by atoms with Crippen molar-refractivity contribution in [2.75, 3.05) is 13.2 Å². The number of carbonyl (C=O) groups is 6. The van der Waals surface area contributed by atoms with Gasteiger partial charge in [-0.05, 0) is 42.6 Å². The molecule has 5 amide bonds. The van der Waals surface area contributed by atoms with Gasteiger partial charge in [-0.3, -0.25) is 24.0 Å². The van der Waals surface area contributed by atoms with Crippen molar-refractivity contribution in [3.8, 4) is 0 Å². The maximum absolute atomic E-state index is 13.4. The van der Waals surface area contributed by atoms with E-state index >= 15 is 0 Å². The van der Waals surface area contributed by atoms with E-state index in [2.05, 4.69) is 26.6 Å². The van der Waals surface area contributed by atoms with Crippen LogP contribution in [0.1, 0.15) is 66.4 Å². The predicted octanol–water partition coefficient (Wildman–Crippen LogP) is -0.812. The maximum atomic E-state index is 13.4. The Morgan fingerprint density at radius 2 is 0.917 bits per heavy atom. The van der Waals surface area contributed by atoms with Crippen LogP contribution in [0.5, 0.6) is 0 Å². The summed E-state index contributed by atoms with van der Waals surface area (Å²) in [6.07, 6.45) is 0.769. The summed E-state index contributed by atoms with van der Waals surface area (Å²) < 4.78 is 0. The number of rotatable bonds is 21. The van der Waals surface area contributed by atoms with Gasteiger partial charge in [-0.25, -0.2) is 4.79 Å². The average molecular weight is 679 g/mol. The molecule has 0 saturated carbocycles. The molecule has 15 heteroatoms. The van der Waals surface area contributed by atoms with Gasteiger partial charge in [-0.1, -0.05) is 71.9 Å². The van der Waals surface area contributed by atoms with Crippen LogP contribution < -0.4 is 32.3 Å². The Morgan fingerprint density at radius 3 is 1.29 bits per heavy atom. The lowest BCUT2D eigenvalue weighted by molar-refractivity contribution is -0.142. The van der Waals surface area contributed by atoms with Crippen LogP contribution in [0.15, 0.2) is 30.3 Å². The van der Waals surface area contributed by atoms with Gasteiger partial charge in [0.1, 0.15) is 30.2 Å². The quantitative estimate of drug-likeness (QED) is 0.0782. The van der Waals surface area contributed by atoms with Gasteiger partial charge in [-0.15, -0.1) is 0 Å². The molecule has 1 aromatic rings. The smallest absolute Gasteiger partial charge is 0.326 e. The van der Waals surface area contributed by atoms with E-state index in [0.717, 1.165) is 0 Å². The van der Waals surface area contributed by atoms with Crippen molar-refractivity contribution in [1.29, 1.82) is 0 Å². The van der Waals surface area contributed by atoms with Crippen LogP contribution in [0.2, 0.25) is 0 Å². The first-order valence-corrected chi connectivity index (χ1v) is 16.2. The molecule has 0 unspecified atom stereocenters. The van der Waals surface area contributed by atoms with E-state index in [1.165, 1.54) is 0 Å². The fourth-order valence-electron chi connectivity index (χ4n) is 4.83. The number of nitrogens with one attached hydrogen (secondary N) is 5. The lowest BCUT2D eigenvalue weighted by Gasteiger charge is -2.27. The van der Waals surface area contributed by atoms with Crippen LogP contribution in [0.25, 0.3) is 0 Å². The minimum atomic E-state index is -1.60. The number of aliphatic hydroxyl groups is 2. The van der Waals surface area contributed by atoms with Crippen molar-refractivity contribution >= 4 is 35.5 Å². The number of hydrogen-bond donors (Lipinski definition) is 9. The van der Waals surface area contributed by atoms with E-state index in [1.54, 1.807) is 30.3 Å². The minimum absolute atomic E-state index is 0.00278. The number of aliphatic hydroxyl groups excluding tert-OH is 2. The summed E-state index contributed by atoms with van der Waals surface area (Å²) in [5, 5.41) is 41.5. The summed E-state index contributed by atoms with van der Waals surface area (Å²) in [6.45, 7) is 9.40. The molecule has 270 valence electrons. The standard InChI is InChI=1S/C33H54N6O9/c1-18(2)12-22(34)28(42)35-23(13-19(3)4)29(43)36-24(14-20(5)6)30(44)38-27(17-41)32(46)39-26(16-40)31(45)37-25(33(47)48)15-21-10-8-7-9-11-21/h7-11,18-20,22-27,40-41H,12-17,34H2,1-6H3,(H,35,42)(H,36,43)(H,37,45)(H,38,44)(H,39,46)(H,47,48)/t22-,23-,24-,25-,26-,27-/m0/s1. The molecule has 15 nitrogen and oxygen atoms in total. The average Bonchev–Trinajstić information content (AvgIpc) is 3.00.